The van der Waals surface area contributed by atoms with Crippen LogP contribution in [0.4, 0.5) is 0 Å². The third-order valence-corrected chi connectivity index (χ3v) is 6.02. The van der Waals surface area contributed by atoms with Crippen molar-refractivity contribution in [2.75, 3.05) is 40.4 Å². The molecule has 0 aliphatic carbocycles. The van der Waals surface area contributed by atoms with Crippen molar-refractivity contribution in [3.8, 4) is 11.5 Å². The van der Waals surface area contributed by atoms with Gasteiger partial charge in [-0.2, -0.15) is 0 Å². The van der Waals surface area contributed by atoms with E-state index in [4.69, 9.17) is 9.47 Å². The van der Waals surface area contributed by atoms with Gasteiger partial charge in [0.15, 0.2) is 0 Å². The van der Waals surface area contributed by atoms with Crippen LogP contribution in [0.3, 0.4) is 0 Å². The van der Waals surface area contributed by atoms with Gasteiger partial charge in [0.05, 0.1) is 29.6 Å². The Morgan fingerprint density at radius 2 is 1.83 bits per heavy atom. The zero-order chi connectivity index (χ0) is 16.9. The maximum Gasteiger partial charge on any atom is 0.127 e. The summed E-state index contributed by atoms with van der Waals surface area (Å²) in [7, 11) is 3.45. The van der Waals surface area contributed by atoms with Crippen LogP contribution >= 0.6 is 27.3 Å². The molecule has 1 fully saturated rings. The van der Waals surface area contributed by atoms with Crippen LogP contribution in [0.1, 0.15) is 22.9 Å². The standard InChI is InChI=1S/C18H23BrN2O2S/c1-22-13-5-3-6-14(23-2)17(13)18(15-7-8-16(19)24-15)21-11-4-9-20-10-12-21/h3,5-8,18,20H,4,9-12H2,1-2H3. The van der Waals surface area contributed by atoms with Gasteiger partial charge in [0, 0.05) is 24.5 Å². The first-order valence-electron chi connectivity index (χ1n) is 8.15. The molecule has 1 atom stereocenters. The Balaban J connectivity index is 2.11. The summed E-state index contributed by atoms with van der Waals surface area (Å²) in [5.74, 6) is 1.75. The zero-order valence-corrected chi connectivity index (χ0v) is 16.5. The van der Waals surface area contributed by atoms with Crippen LogP contribution in [-0.2, 0) is 0 Å². The number of nitrogens with zero attached hydrogens (tertiary/aromatic N) is 1. The van der Waals surface area contributed by atoms with Crippen LogP contribution in [0.25, 0.3) is 0 Å². The molecule has 2 aromatic rings. The molecule has 1 N–H and O–H groups in total. The maximum absolute atomic E-state index is 5.69. The van der Waals surface area contributed by atoms with E-state index in [2.05, 4.69) is 38.3 Å². The van der Waals surface area contributed by atoms with Gasteiger partial charge in [0.1, 0.15) is 11.5 Å². The third kappa shape index (κ3) is 3.77. The molecule has 1 aromatic heterocycles. The number of hydrogen-bond acceptors (Lipinski definition) is 5. The van der Waals surface area contributed by atoms with Gasteiger partial charge in [-0.3, -0.25) is 4.90 Å². The highest BCUT2D eigenvalue weighted by Crippen LogP contribution is 2.43. The van der Waals surface area contributed by atoms with Crippen LogP contribution in [0.15, 0.2) is 34.1 Å². The largest absolute Gasteiger partial charge is 0.496 e. The Morgan fingerprint density at radius 3 is 2.46 bits per heavy atom. The molecule has 2 heterocycles. The molecule has 24 heavy (non-hydrogen) atoms. The molecule has 0 amide bonds. The number of hydrogen-bond donors (Lipinski definition) is 1. The first-order chi connectivity index (χ1) is 11.7. The molecule has 1 saturated heterocycles. The topological polar surface area (TPSA) is 33.7 Å². The molecule has 1 aliphatic rings. The van der Waals surface area contributed by atoms with Gasteiger partial charge in [-0.1, -0.05) is 6.07 Å². The number of benzene rings is 1. The Hall–Kier alpha value is -1.08. The molecule has 0 spiro atoms. The van der Waals surface area contributed by atoms with Gasteiger partial charge in [-0.05, 0) is 53.2 Å². The predicted octanol–water partition coefficient (Wildman–Crippen LogP) is 3.91. The van der Waals surface area contributed by atoms with Gasteiger partial charge >= 0.3 is 0 Å². The Bertz CT molecular complexity index is 647. The van der Waals surface area contributed by atoms with Gasteiger partial charge < -0.3 is 14.8 Å². The average molecular weight is 411 g/mol. The number of nitrogens with one attached hydrogen (secondary N) is 1. The molecule has 0 saturated carbocycles. The highest BCUT2D eigenvalue weighted by Gasteiger charge is 2.30. The molecule has 6 heteroatoms. The van der Waals surface area contributed by atoms with Gasteiger partial charge in [0.25, 0.3) is 0 Å². The third-order valence-electron chi connectivity index (χ3n) is 4.34. The monoisotopic (exact) mass is 410 g/mol. The average Bonchev–Trinajstić information content (AvgIpc) is 2.86. The molecule has 1 aromatic carbocycles. The zero-order valence-electron chi connectivity index (χ0n) is 14.0. The lowest BCUT2D eigenvalue weighted by Gasteiger charge is -2.32. The molecule has 4 nitrogen and oxygen atoms in total. The minimum Gasteiger partial charge on any atom is -0.496 e. The van der Waals surface area contributed by atoms with E-state index in [-0.39, 0.29) is 6.04 Å². The Kier molecular flexibility index (Phi) is 6.16. The van der Waals surface area contributed by atoms with Crippen LogP contribution in [0.2, 0.25) is 0 Å². The number of ether oxygens (including phenoxy) is 2. The fraction of sp³-hybridized carbons (Fsp3) is 0.444. The van der Waals surface area contributed by atoms with Crippen molar-refractivity contribution in [1.29, 1.82) is 0 Å². The first kappa shape index (κ1) is 17.7. The molecule has 3 rings (SSSR count). The summed E-state index contributed by atoms with van der Waals surface area (Å²) in [5.41, 5.74) is 1.11. The van der Waals surface area contributed by atoms with E-state index < -0.39 is 0 Å². The number of halogens is 1. The number of methoxy groups -OCH3 is 2. The van der Waals surface area contributed by atoms with Crippen LogP contribution in [0, 0.1) is 0 Å². The fourth-order valence-corrected chi connectivity index (χ4v) is 4.82. The van der Waals surface area contributed by atoms with Crippen LogP contribution in [-0.4, -0.2) is 45.3 Å². The SMILES string of the molecule is COc1cccc(OC)c1C(c1ccc(Br)s1)N1CCCNCC1. The molecule has 0 bridgehead atoms. The van der Waals surface area contributed by atoms with Gasteiger partial charge in [-0.25, -0.2) is 0 Å². The summed E-state index contributed by atoms with van der Waals surface area (Å²) in [6.07, 6.45) is 1.14. The van der Waals surface area contributed by atoms with E-state index in [0.29, 0.717) is 0 Å². The minimum absolute atomic E-state index is 0.132. The van der Waals surface area contributed by atoms with Crippen molar-refractivity contribution in [2.45, 2.75) is 12.5 Å². The van der Waals surface area contributed by atoms with E-state index >= 15 is 0 Å². The fourth-order valence-electron chi connectivity index (χ4n) is 3.25. The Labute approximate surface area is 155 Å². The second-order valence-corrected chi connectivity index (χ2v) is 8.25. The number of thiophene rings is 1. The van der Waals surface area contributed by atoms with Gasteiger partial charge in [0.2, 0.25) is 0 Å². The number of rotatable bonds is 5. The quantitative estimate of drug-likeness (QED) is 0.809. The molecular weight excluding hydrogens is 388 g/mol. The molecule has 1 aliphatic heterocycles. The summed E-state index contributed by atoms with van der Waals surface area (Å²) < 4.78 is 12.5. The summed E-state index contributed by atoms with van der Waals surface area (Å²) >= 11 is 5.38. The Morgan fingerprint density at radius 1 is 1.08 bits per heavy atom. The summed E-state index contributed by atoms with van der Waals surface area (Å²) in [5, 5.41) is 3.49. The molecule has 130 valence electrons. The van der Waals surface area contributed by atoms with Crippen molar-refractivity contribution in [3.63, 3.8) is 0 Å². The van der Waals surface area contributed by atoms with E-state index in [1.54, 1.807) is 25.6 Å². The summed E-state index contributed by atoms with van der Waals surface area (Å²) in [4.78, 5) is 3.82. The lowest BCUT2D eigenvalue weighted by atomic mass is 10.0. The first-order valence-corrected chi connectivity index (χ1v) is 9.76. The van der Waals surface area contributed by atoms with Gasteiger partial charge in [-0.15, -0.1) is 11.3 Å². The lowest BCUT2D eigenvalue weighted by Crippen LogP contribution is -2.33. The van der Waals surface area contributed by atoms with Crippen molar-refractivity contribution in [3.05, 3.63) is 44.6 Å². The summed E-state index contributed by atoms with van der Waals surface area (Å²) in [6.45, 7) is 4.12. The second kappa shape index (κ2) is 8.34. The van der Waals surface area contributed by atoms with E-state index in [0.717, 1.165) is 53.4 Å². The van der Waals surface area contributed by atoms with Crippen molar-refractivity contribution < 1.29 is 9.47 Å². The van der Waals surface area contributed by atoms with Crippen molar-refractivity contribution in [2.24, 2.45) is 0 Å². The van der Waals surface area contributed by atoms with Crippen LogP contribution in [0.5, 0.6) is 11.5 Å². The smallest absolute Gasteiger partial charge is 0.127 e. The highest BCUT2D eigenvalue weighted by molar-refractivity contribution is 9.11. The summed E-state index contributed by atoms with van der Waals surface area (Å²) in [6, 6.07) is 10.5. The molecule has 0 radical (unpaired) electrons. The second-order valence-electron chi connectivity index (χ2n) is 5.76. The van der Waals surface area contributed by atoms with E-state index in [1.807, 2.05) is 18.2 Å². The predicted molar refractivity (Wildman–Crippen MR) is 102 cm³/mol. The van der Waals surface area contributed by atoms with E-state index in [1.165, 1.54) is 4.88 Å². The van der Waals surface area contributed by atoms with Crippen molar-refractivity contribution >= 4 is 27.3 Å². The maximum atomic E-state index is 5.69. The lowest BCUT2D eigenvalue weighted by molar-refractivity contribution is 0.233. The normalized spacial score (nSPS) is 17.3. The molecule has 1 unspecified atom stereocenters. The molecular formula is C18H23BrN2O2S. The minimum atomic E-state index is 0.132. The highest BCUT2D eigenvalue weighted by atomic mass is 79.9. The van der Waals surface area contributed by atoms with Crippen LogP contribution < -0.4 is 14.8 Å². The van der Waals surface area contributed by atoms with E-state index in [9.17, 15) is 0 Å². The van der Waals surface area contributed by atoms with Crippen molar-refractivity contribution in [1.82, 2.24) is 10.2 Å².